The Bertz CT molecular complexity index is 1230. The van der Waals surface area contributed by atoms with Crippen molar-refractivity contribution in [1.29, 1.82) is 0 Å². The fraction of sp³-hybridized carbons (Fsp3) is 0.208. The predicted octanol–water partition coefficient (Wildman–Crippen LogP) is 4.94. The summed E-state index contributed by atoms with van der Waals surface area (Å²) in [7, 11) is 0. The molecule has 2 aromatic carbocycles. The van der Waals surface area contributed by atoms with E-state index in [2.05, 4.69) is 22.4 Å². The lowest BCUT2D eigenvalue weighted by atomic mass is 10.1. The number of ether oxygens (including phenoxy) is 1. The first-order valence-electron chi connectivity index (χ1n) is 10.3. The van der Waals surface area contributed by atoms with Gasteiger partial charge in [0.1, 0.15) is 12.4 Å². The number of rotatable bonds is 8. The average molecular weight is 450 g/mol. The first-order valence-corrected chi connectivity index (χ1v) is 10.7. The van der Waals surface area contributed by atoms with Crippen molar-refractivity contribution in [2.24, 2.45) is 0 Å². The van der Waals surface area contributed by atoms with E-state index in [9.17, 15) is 4.79 Å². The third-order valence-electron chi connectivity index (χ3n) is 5.12. The predicted molar refractivity (Wildman–Crippen MR) is 124 cm³/mol. The minimum absolute atomic E-state index is 0.205. The second kappa shape index (κ2) is 9.70. The third kappa shape index (κ3) is 5.18. The number of halogens is 1. The van der Waals surface area contributed by atoms with E-state index in [4.69, 9.17) is 16.3 Å². The maximum absolute atomic E-state index is 12.7. The first-order chi connectivity index (χ1) is 15.5. The largest absolute Gasteiger partial charge is 0.489 e. The van der Waals surface area contributed by atoms with E-state index in [1.165, 1.54) is 0 Å². The molecular formula is C24H24ClN5O2. The highest BCUT2D eigenvalue weighted by Gasteiger charge is 2.11. The zero-order valence-electron chi connectivity index (χ0n) is 18.0. The van der Waals surface area contributed by atoms with Crippen molar-refractivity contribution in [1.82, 2.24) is 19.6 Å². The molecule has 0 aliphatic heterocycles. The molecular weight excluding hydrogens is 426 g/mol. The van der Waals surface area contributed by atoms with E-state index in [1.807, 2.05) is 54.3 Å². The summed E-state index contributed by atoms with van der Waals surface area (Å²) >= 11 is 5.99. The van der Waals surface area contributed by atoms with Gasteiger partial charge in [0.2, 0.25) is 0 Å². The molecule has 0 aliphatic carbocycles. The van der Waals surface area contributed by atoms with Crippen LogP contribution in [0.1, 0.15) is 34.1 Å². The number of carbonyl (C=O) groups is 1. The number of aryl methyl sites for hydroxylation is 1. The number of amides is 1. The summed E-state index contributed by atoms with van der Waals surface area (Å²) < 4.78 is 9.50. The van der Waals surface area contributed by atoms with Gasteiger partial charge < -0.3 is 10.1 Å². The zero-order valence-corrected chi connectivity index (χ0v) is 18.7. The van der Waals surface area contributed by atoms with Crippen molar-refractivity contribution < 1.29 is 9.53 Å². The molecule has 0 bridgehead atoms. The molecule has 1 N–H and O–H groups in total. The third-order valence-corrected chi connectivity index (χ3v) is 5.35. The summed E-state index contributed by atoms with van der Waals surface area (Å²) in [5.41, 5.74) is 4.28. The number of carbonyl (C=O) groups excluding carboxylic acids is 1. The van der Waals surface area contributed by atoms with Gasteiger partial charge in [-0.05, 0) is 49.7 Å². The van der Waals surface area contributed by atoms with Crippen LogP contribution in [0.5, 0.6) is 5.75 Å². The first kappa shape index (κ1) is 21.6. The second-order valence-electron chi connectivity index (χ2n) is 7.40. The van der Waals surface area contributed by atoms with Crippen LogP contribution in [-0.2, 0) is 19.7 Å². The molecule has 0 saturated carbocycles. The Balaban J connectivity index is 1.37. The van der Waals surface area contributed by atoms with Crippen LogP contribution < -0.4 is 10.1 Å². The van der Waals surface area contributed by atoms with Crippen LogP contribution in [-0.4, -0.2) is 25.5 Å². The number of benzene rings is 2. The minimum Gasteiger partial charge on any atom is -0.489 e. The van der Waals surface area contributed by atoms with Crippen LogP contribution in [0, 0.1) is 6.92 Å². The van der Waals surface area contributed by atoms with E-state index in [0.717, 1.165) is 23.4 Å². The summed E-state index contributed by atoms with van der Waals surface area (Å²) in [6, 6.07) is 14.6. The van der Waals surface area contributed by atoms with Crippen LogP contribution >= 0.6 is 11.6 Å². The van der Waals surface area contributed by atoms with Crippen LogP contribution in [0.25, 0.3) is 0 Å². The van der Waals surface area contributed by atoms with Gasteiger partial charge in [-0.3, -0.25) is 14.2 Å². The van der Waals surface area contributed by atoms with Crippen molar-refractivity contribution in [3.8, 4) is 5.75 Å². The molecule has 2 heterocycles. The SMILES string of the molecule is CCn1ncc(Cn2cc(NC(=O)c3cccc(COc4cccc(Cl)c4)c3)cn2)c1C. The van der Waals surface area contributed by atoms with Crippen molar-refractivity contribution in [2.45, 2.75) is 33.5 Å². The maximum atomic E-state index is 12.7. The van der Waals surface area contributed by atoms with Gasteiger partial charge in [-0.25, -0.2) is 0 Å². The summed E-state index contributed by atoms with van der Waals surface area (Å²) in [5.74, 6) is 0.476. The fourth-order valence-electron chi connectivity index (χ4n) is 3.38. The van der Waals surface area contributed by atoms with Gasteiger partial charge in [0.05, 0.1) is 24.6 Å². The van der Waals surface area contributed by atoms with E-state index in [-0.39, 0.29) is 5.91 Å². The fourth-order valence-corrected chi connectivity index (χ4v) is 3.56. The second-order valence-corrected chi connectivity index (χ2v) is 7.83. The standard InChI is InChI=1S/C24H24ClN5O2/c1-3-30-17(2)20(12-27-30)14-29-15-22(13-26-29)28-24(31)19-7-4-6-18(10-19)16-32-23-9-5-8-21(25)11-23/h4-13,15H,3,14,16H2,1-2H3,(H,28,31). The highest BCUT2D eigenvalue weighted by molar-refractivity contribution is 6.30. The van der Waals surface area contributed by atoms with Crippen LogP contribution in [0.15, 0.2) is 67.1 Å². The summed E-state index contributed by atoms with van der Waals surface area (Å²) in [5, 5.41) is 12.2. The maximum Gasteiger partial charge on any atom is 0.255 e. The molecule has 0 spiro atoms. The Morgan fingerprint density at radius 1 is 1.12 bits per heavy atom. The lowest BCUT2D eigenvalue weighted by Gasteiger charge is -2.08. The van der Waals surface area contributed by atoms with Crippen molar-refractivity contribution in [2.75, 3.05) is 5.32 Å². The van der Waals surface area contributed by atoms with E-state index < -0.39 is 0 Å². The molecule has 4 rings (SSSR count). The smallest absolute Gasteiger partial charge is 0.255 e. The molecule has 0 saturated heterocycles. The van der Waals surface area contributed by atoms with Crippen molar-refractivity contribution >= 4 is 23.2 Å². The minimum atomic E-state index is -0.205. The van der Waals surface area contributed by atoms with Gasteiger partial charge >= 0.3 is 0 Å². The molecule has 7 nitrogen and oxygen atoms in total. The highest BCUT2D eigenvalue weighted by atomic mass is 35.5. The van der Waals surface area contributed by atoms with Crippen molar-refractivity contribution in [3.05, 3.63) is 94.5 Å². The Morgan fingerprint density at radius 3 is 2.75 bits per heavy atom. The van der Waals surface area contributed by atoms with Crippen LogP contribution in [0.4, 0.5) is 5.69 Å². The van der Waals surface area contributed by atoms with E-state index in [0.29, 0.717) is 35.2 Å². The lowest BCUT2D eigenvalue weighted by molar-refractivity contribution is 0.102. The van der Waals surface area contributed by atoms with Gasteiger partial charge in [0.15, 0.2) is 0 Å². The zero-order chi connectivity index (χ0) is 22.5. The monoisotopic (exact) mass is 449 g/mol. The Labute approximate surface area is 191 Å². The van der Waals surface area contributed by atoms with Crippen LogP contribution in [0.2, 0.25) is 5.02 Å². The molecule has 0 fully saturated rings. The average Bonchev–Trinajstić information content (AvgIpc) is 3.38. The summed E-state index contributed by atoms with van der Waals surface area (Å²) in [6.07, 6.45) is 5.31. The van der Waals surface area contributed by atoms with Gasteiger partial charge in [0.25, 0.3) is 5.91 Å². The highest BCUT2D eigenvalue weighted by Crippen LogP contribution is 2.19. The molecule has 0 aliphatic rings. The molecule has 0 atom stereocenters. The Morgan fingerprint density at radius 2 is 1.97 bits per heavy atom. The van der Waals surface area contributed by atoms with Gasteiger partial charge in [0, 0.05) is 34.6 Å². The molecule has 0 unspecified atom stereocenters. The topological polar surface area (TPSA) is 74.0 Å². The Hall–Kier alpha value is -3.58. The molecule has 164 valence electrons. The number of anilines is 1. The number of hydrogen-bond donors (Lipinski definition) is 1. The number of hydrogen-bond acceptors (Lipinski definition) is 4. The lowest BCUT2D eigenvalue weighted by Crippen LogP contribution is -2.12. The molecule has 1 amide bonds. The summed E-state index contributed by atoms with van der Waals surface area (Å²) in [4.78, 5) is 12.7. The number of aromatic nitrogens is 4. The van der Waals surface area contributed by atoms with Crippen LogP contribution in [0.3, 0.4) is 0 Å². The number of nitrogens with zero attached hydrogens (tertiary/aromatic N) is 4. The van der Waals surface area contributed by atoms with Gasteiger partial charge in [-0.2, -0.15) is 10.2 Å². The van der Waals surface area contributed by atoms with Crippen molar-refractivity contribution in [3.63, 3.8) is 0 Å². The number of nitrogens with one attached hydrogen (secondary N) is 1. The normalized spacial score (nSPS) is 10.8. The Kier molecular flexibility index (Phi) is 6.56. The molecule has 0 radical (unpaired) electrons. The van der Waals surface area contributed by atoms with E-state index in [1.54, 1.807) is 29.1 Å². The molecule has 8 heteroatoms. The van der Waals surface area contributed by atoms with E-state index >= 15 is 0 Å². The molecule has 32 heavy (non-hydrogen) atoms. The van der Waals surface area contributed by atoms with Gasteiger partial charge in [-0.1, -0.05) is 29.8 Å². The summed E-state index contributed by atoms with van der Waals surface area (Å²) in [6.45, 7) is 5.86. The molecule has 2 aromatic heterocycles. The molecule has 4 aromatic rings. The quantitative estimate of drug-likeness (QED) is 0.413. The van der Waals surface area contributed by atoms with Gasteiger partial charge in [-0.15, -0.1) is 0 Å².